The number of hydrogen-bond donors (Lipinski definition) is 2. The van der Waals surface area contributed by atoms with Crippen LogP contribution in [-0.4, -0.2) is 41.3 Å². The number of amides is 2. The Morgan fingerprint density at radius 2 is 2.17 bits per heavy atom. The molecule has 122 valence electrons. The lowest BCUT2D eigenvalue weighted by molar-refractivity contribution is -0.146. The minimum atomic E-state index is -0.487. The van der Waals surface area contributed by atoms with E-state index in [2.05, 4.69) is 23.3 Å². The Morgan fingerprint density at radius 1 is 1.35 bits per heavy atom. The van der Waals surface area contributed by atoms with Crippen LogP contribution in [0.2, 0.25) is 0 Å². The van der Waals surface area contributed by atoms with Gasteiger partial charge in [-0.15, -0.1) is 0 Å². The van der Waals surface area contributed by atoms with Crippen molar-refractivity contribution in [3.63, 3.8) is 0 Å². The van der Waals surface area contributed by atoms with Crippen LogP contribution >= 0.6 is 0 Å². The Kier molecular flexibility index (Phi) is 4.65. The van der Waals surface area contributed by atoms with Gasteiger partial charge in [-0.1, -0.05) is 25.1 Å². The molecule has 3 rings (SSSR count). The number of aromatic amines is 1. The van der Waals surface area contributed by atoms with Crippen LogP contribution in [0.4, 0.5) is 0 Å². The van der Waals surface area contributed by atoms with Gasteiger partial charge in [0.05, 0.1) is 0 Å². The van der Waals surface area contributed by atoms with Crippen LogP contribution in [-0.2, 0) is 16.0 Å². The van der Waals surface area contributed by atoms with E-state index in [4.69, 9.17) is 0 Å². The monoisotopic (exact) mass is 313 g/mol. The smallest absolute Gasteiger partial charge is 0.311 e. The van der Waals surface area contributed by atoms with Crippen molar-refractivity contribution in [2.75, 3.05) is 19.6 Å². The van der Waals surface area contributed by atoms with Crippen molar-refractivity contribution in [1.82, 2.24) is 15.2 Å². The SMILES string of the molecule is CC1CCCN(C(=O)C(=O)NCCc2c[nH]c3ccccc23)C1. The van der Waals surface area contributed by atoms with Gasteiger partial charge < -0.3 is 15.2 Å². The number of rotatable bonds is 3. The molecule has 23 heavy (non-hydrogen) atoms. The lowest BCUT2D eigenvalue weighted by Gasteiger charge is -2.30. The normalized spacial score (nSPS) is 18.1. The first-order valence-electron chi connectivity index (χ1n) is 8.27. The Hall–Kier alpha value is -2.30. The third-order valence-electron chi connectivity index (χ3n) is 4.49. The zero-order valence-corrected chi connectivity index (χ0v) is 13.5. The second-order valence-electron chi connectivity index (χ2n) is 6.36. The summed E-state index contributed by atoms with van der Waals surface area (Å²) in [4.78, 5) is 29.1. The molecule has 1 fully saturated rings. The Bertz CT molecular complexity index is 707. The molecule has 5 nitrogen and oxygen atoms in total. The number of para-hydroxylation sites is 1. The third-order valence-corrected chi connectivity index (χ3v) is 4.49. The number of benzene rings is 1. The van der Waals surface area contributed by atoms with Gasteiger partial charge in [0.15, 0.2) is 0 Å². The second-order valence-corrected chi connectivity index (χ2v) is 6.36. The summed E-state index contributed by atoms with van der Waals surface area (Å²) in [7, 11) is 0. The molecule has 1 aliphatic heterocycles. The first-order valence-corrected chi connectivity index (χ1v) is 8.27. The molecule has 5 heteroatoms. The van der Waals surface area contributed by atoms with Crippen molar-refractivity contribution in [2.24, 2.45) is 5.92 Å². The van der Waals surface area contributed by atoms with Crippen molar-refractivity contribution in [2.45, 2.75) is 26.2 Å². The number of fused-ring (bicyclic) bond motifs is 1. The molecular weight excluding hydrogens is 290 g/mol. The molecule has 0 aliphatic carbocycles. The highest BCUT2D eigenvalue weighted by atomic mass is 16.2. The number of aromatic nitrogens is 1. The van der Waals surface area contributed by atoms with E-state index >= 15 is 0 Å². The highest BCUT2D eigenvalue weighted by Crippen LogP contribution is 2.18. The number of piperidine rings is 1. The quantitative estimate of drug-likeness (QED) is 0.852. The third kappa shape index (κ3) is 3.55. The summed E-state index contributed by atoms with van der Waals surface area (Å²) in [6.45, 7) is 3.97. The number of H-pyrrole nitrogens is 1. The van der Waals surface area contributed by atoms with Gasteiger partial charge in [0.1, 0.15) is 0 Å². The molecule has 1 unspecified atom stereocenters. The summed E-state index contributed by atoms with van der Waals surface area (Å²) in [5.74, 6) is -0.402. The molecule has 1 aromatic carbocycles. The molecule has 1 aromatic heterocycles. The summed E-state index contributed by atoms with van der Waals surface area (Å²) in [6, 6.07) is 8.07. The maximum absolute atomic E-state index is 12.2. The fraction of sp³-hybridized carbons (Fsp3) is 0.444. The molecule has 2 amide bonds. The standard InChI is InChI=1S/C18H23N3O2/c1-13-5-4-10-21(12-13)18(23)17(22)19-9-8-14-11-20-16-7-3-2-6-15(14)16/h2-3,6-7,11,13,20H,4-5,8-10,12H2,1H3,(H,19,22). The first-order chi connectivity index (χ1) is 11.1. The molecular formula is C18H23N3O2. The number of hydrogen-bond acceptors (Lipinski definition) is 2. The number of carbonyl (C=O) groups excluding carboxylic acids is 2. The van der Waals surface area contributed by atoms with Crippen LogP contribution in [0.3, 0.4) is 0 Å². The Morgan fingerprint density at radius 3 is 3.00 bits per heavy atom. The van der Waals surface area contributed by atoms with E-state index in [9.17, 15) is 9.59 Å². The first kappa shape index (κ1) is 15.6. The molecule has 1 atom stereocenters. The summed E-state index contributed by atoms with van der Waals surface area (Å²) in [6.07, 6.45) is 4.78. The van der Waals surface area contributed by atoms with Crippen LogP contribution < -0.4 is 5.32 Å². The van der Waals surface area contributed by atoms with Crippen molar-refractivity contribution in [3.8, 4) is 0 Å². The number of likely N-dealkylation sites (tertiary alicyclic amines) is 1. The average molecular weight is 313 g/mol. The number of nitrogens with one attached hydrogen (secondary N) is 2. The summed E-state index contributed by atoms with van der Waals surface area (Å²) >= 11 is 0. The maximum atomic E-state index is 12.2. The average Bonchev–Trinajstić information content (AvgIpc) is 2.97. The number of nitrogens with zero attached hydrogens (tertiary/aromatic N) is 1. The predicted octanol–water partition coefficient (Wildman–Crippen LogP) is 2.09. The van der Waals surface area contributed by atoms with E-state index in [1.165, 1.54) is 0 Å². The molecule has 0 spiro atoms. The second kappa shape index (κ2) is 6.86. The van der Waals surface area contributed by atoms with Gasteiger partial charge in [-0.05, 0) is 36.8 Å². The van der Waals surface area contributed by atoms with Crippen LogP contribution in [0.1, 0.15) is 25.3 Å². The minimum absolute atomic E-state index is 0.393. The van der Waals surface area contributed by atoms with Gasteiger partial charge in [-0.3, -0.25) is 9.59 Å². The highest BCUT2D eigenvalue weighted by molar-refractivity contribution is 6.35. The lowest BCUT2D eigenvalue weighted by Crippen LogP contribution is -2.47. The van der Waals surface area contributed by atoms with Gasteiger partial charge >= 0.3 is 11.8 Å². The van der Waals surface area contributed by atoms with Crippen LogP contribution in [0.25, 0.3) is 10.9 Å². The van der Waals surface area contributed by atoms with E-state index in [-0.39, 0.29) is 0 Å². The van der Waals surface area contributed by atoms with E-state index in [1.54, 1.807) is 4.90 Å². The molecule has 1 aliphatic rings. The highest BCUT2D eigenvalue weighted by Gasteiger charge is 2.25. The zero-order valence-electron chi connectivity index (χ0n) is 13.5. The van der Waals surface area contributed by atoms with E-state index in [0.717, 1.165) is 29.3 Å². The van der Waals surface area contributed by atoms with Crippen molar-refractivity contribution in [3.05, 3.63) is 36.0 Å². The summed E-state index contributed by atoms with van der Waals surface area (Å²) in [5.41, 5.74) is 2.24. The molecule has 0 saturated carbocycles. The minimum Gasteiger partial charge on any atom is -0.361 e. The van der Waals surface area contributed by atoms with E-state index < -0.39 is 11.8 Å². The van der Waals surface area contributed by atoms with Crippen molar-refractivity contribution >= 4 is 22.7 Å². The molecule has 0 radical (unpaired) electrons. The number of carbonyl (C=O) groups is 2. The van der Waals surface area contributed by atoms with E-state index in [0.29, 0.717) is 32.0 Å². The molecule has 1 saturated heterocycles. The maximum Gasteiger partial charge on any atom is 0.311 e. The van der Waals surface area contributed by atoms with Gasteiger partial charge in [-0.2, -0.15) is 0 Å². The zero-order chi connectivity index (χ0) is 16.2. The summed E-state index contributed by atoms with van der Waals surface area (Å²) < 4.78 is 0. The topological polar surface area (TPSA) is 65.2 Å². The fourth-order valence-electron chi connectivity index (χ4n) is 3.24. The van der Waals surface area contributed by atoms with Crippen LogP contribution in [0, 0.1) is 5.92 Å². The van der Waals surface area contributed by atoms with Gasteiger partial charge in [0, 0.05) is 36.7 Å². The largest absolute Gasteiger partial charge is 0.361 e. The van der Waals surface area contributed by atoms with E-state index in [1.807, 2.05) is 24.4 Å². The van der Waals surface area contributed by atoms with Gasteiger partial charge in [-0.25, -0.2) is 0 Å². The summed E-state index contributed by atoms with van der Waals surface area (Å²) in [5, 5.41) is 3.92. The molecule has 2 N–H and O–H groups in total. The lowest BCUT2D eigenvalue weighted by atomic mass is 10.0. The predicted molar refractivity (Wildman–Crippen MR) is 90.0 cm³/mol. The Labute approximate surface area is 136 Å². The van der Waals surface area contributed by atoms with Crippen LogP contribution in [0.5, 0.6) is 0 Å². The molecule has 0 bridgehead atoms. The van der Waals surface area contributed by atoms with Crippen LogP contribution in [0.15, 0.2) is 30.5 Å². The van der Waals surface area contributed by atoms with Crippen molar-refractivity contribution in [1.29, 1.82) is 0 Å². The Balaban J connectivity index is 1.52. The van der Waals surface area contributed by atoms with Crippen molar-refractivity contribution < 1.29 is 9.59 Å². The molecule has 2 heterocycles. The molecule has 2 aromatic rings. The van der Waals surface area contributed by atoms with Gasteiger partial charge in [0.2, 0.25) is 0 Å². The van der Waals surface area contributed by atoms with Gasteiger partial charge in [0.25, 0.3) is 0 Å². The fourth-order valence-corrected chi connectivity index (χ4v) is 3.24.